The Bertz CT molecular complexity index is 730. The molecule has 11 heteroatoms. The number of H-pyrrole nitrogens is 1. The minimum atomic E-state index is -5.05. The number of hydrogen-bond donors (Lipinski definition) is 1. The molecule has 0 bridgehead atoms. The molecular formula is C16H16ClF4N3O3. The number of alkyl halides is 4. The maximum Gasteiger partial charge on any atom is 0.445 e. The number of hydrogen-bond acceptors (Lipinski definition) is 5. The Balaban J connectivity index is 1.67. The quantitative estimate of drug-likeness (QED) is 0.708. The van der Waals surface area contributed by atoms with Gasteiger partial charge in [0.2, 0.25) is 5.79 Å². The number of halogens is 5. The van der Waals surface area contributed by atoms with Crippen LogP contribution in [0.5, 0.6) is 0 Å². The lowest BCUT2D eigenvalue weighted by molar-refractivity contribution is -0.266. The average Bonchev–Trinajstić information content (AvgIpc) is 3.26. The second-order valence-electron chi connectivity index (χ2n) is 5.92. The molecular weight excluding hydrogens is 394 g/mol. The Morgan fingerprint density at radius 1 is 1.33 bits per heavy atom. The first-order valence-corrected chi connectivity index (χ1v) is 8.41. The molecule has 0 aliphatic carbocycles. The van der Waals surface area contributed by atoms with E-state index in [1.54, 1.807) is 24.3 Å². The van der Waals surface area contributed by atoms with Crippen molar-refractivity contribution in [3.05, 3.63) is 47.0 Å². The van der Waals surface area contributed by atoms with Crippen molar-refractivity contribution >= 4 is 11.6 Å². The molecule has 148 valence electrons. The van der Waals surface area contributed by atoms with E-state index >= 15 is 0 Å². The van der Waals surface area contributed by atoms with Crippen molar-refractivity contribution < 1.29 is 31.8 Å². The first kappa shape index (κ1) is 20.0. The van der Waals surface area contributed by atoms with E-state index in [9.17, 15) is 17.6 Å². The number of aromatic nitrogens is 3. The Labute approximate surface area is 156 Å². The fourth-order valence-electron chi connectivity index (χ4n) is 2.68. The molecule has 1 aromatic heterocycles. The molecule has 0 amide bonds. The zero-order chi connectivity index (χ0) is 19.5. The minimum Gasteiger partial charge on any atom is -0.343 e. The predicted molar refractivity (Wildman–Crippen MR) is 85.6 cm³/mol. The number of nitrogens with zero attached hydrogens (tertiary/aromatic N) is 2. The molecule has 1 aromatic carbocycles. The fraction of sp³-hybridized carbons (Fsp3) is 0.500. The van der Waals surface area contributed by atoms with Gasteiger partial charge in [-0.25, -0.2) is 9.37 Å². The number of ether oxygens (including phenoxy) is 3. The van der Waals surface area contributed by atoms with E-state index in [0.29, 0.717) is 16.4 Å². The van der Waals surface area contributed by atoms with Gasteiger partial charge in [-0.3, -0.25) is 5.10 Å². The van der Waals surface area contributed by atoms with E-state index in [1.807, 2.05) is 0 Å². The first-order chi connectivity index (χ1) is 12.8. The van der Waals surface area contributed by atoms with Gasteiger partial charge < -0.3 is 14.2 Å². The van der Waals surface area contributed by atoms with E-state index in [2.05, 4.69) is 19.9 Å². The third kappa shape index (κ3) is 4.95. The monoisotopic (exact) mass is 409 g/mol. The van der Waals surface area contributed by atoms with Crippen LogP contribution in [0.4, 0.5) is 17.6 Å². The highest BCUT2D eigenvalue weighted by Gasteiger charge is 2.45. The van der Waals surface area contributed by atoms with E-state index < -0.39 is 31.0 Å². The lowest BCUT2D eigenvalue weighted by atomic mass is 10.0. The van der Waals surface area contributed by atoms with E-state index in [1.165, 1.54) is 6.33 Å². The molecule has 3 unspecified atom stereocenters. The number of aromatic amines is 1. The highest BCUT2D eigenvalue weighted by Crippen LogP contribution is 2.38. The van der Waals surface area contributed by atoms with Crippen molar-refractivity contribution in [3.63, 3.8) is 0 Å². The molecule has 1 fully saturated rings. The molecule has 0 saturated carbocycles. The third-order valence-electron chi connectivity index (χ3n) is 3.96. The largest absolute Gasteiger partial charge is 0.445 e. The maximum atomic E-state index is 12.8. The second-order valence-corrected chi connectivity index (χ2v) is 6.36. The Morgan fingerprint density at radius 3 is 2.70 bits per heavy atom. The molecule has 3 atom stereocenters. The molecule has 1 N–H and O–H groups in total. The van der Waals surface area contributed by atoms with Crippen LogP contribution < -0.4 is 0 Å². The minimum absolute atomic E-state index is 0.0276. The summed E-state index contributed by atoms with van der Waals surface area (Å²) in [5.74, 6) is -0.793. The summed E-state index contributed by atoms with van der Waals surface area (Å²) >= 11 is 5.91. The van der Waals surface area contributed by atoms with Crippen LogP contribution in [-0.4, -0.2) is 47.0 Å². The molecule has 6 nitrogen and oxygen atoms in total. The van der Waals surface area contributed by atoms with Crippen molar-refractivity contribution in [1.82, 2.24) is 15.2 Å². The zero-order valence-electron chi connectivity index (χ0n) is 13.9. The van der Waals surface area contributed by atoms with Crippen molar-refractivity contribution in [2.24, 2.45) is 0 Å². The van der Waals surface area contributed by atoms with Crippen molar-refractivity contribution in [1.29, 1.82) is 0 Å². The van der Waals surface area contributed by atoms with Gasteiger partial charge in [0.1, 0.15) is 6.33 Å². The predicted octanol–water partition coefficient (Wildman–Crippen LogP) is 3.53. The molecule has 1 aliphatic heterocycles. The summed E-state index contributed by atoms with van der Waals surface area (Å²) < 4.78 is 65.3. The van der Waals surface area contributed by atoms with Crippen molar-refractivity contribution in [2.75, 3.05) is 13.2 Å². The van der Waals surface area contributed by atoms with Gasteiger partial charge in [-0.1, -0.05) is 23.7 Å². The summed E-state index contributed by atoms with van der Waals surface area (Å²) in [7, 11) is 0. The Kier molecular flexibility index (Phi) is 5.99. The zero-order valence-corrected chi connectivity index (χ0v) is 14.6. The summed E-state index contributed by atoms with van der Waals surface area (Å²) in [6.45, 7) is -0.370. The van der Waals surface area contributed by atoms with Crippen molar-refractivity contribution in [2.45, 2.75) is 37.3 Å². The van der Waals surface area contributed by atoms with Gasteiger partial charge in [-0.05, 0) is 18.6 Å². The average molecular weight is 410 g/mol. The molecule has 27 heavy (non-hydrogen) atoms. The first-order valence-electron chi connectivity index (χ1n) is 8.03. The third-order valence-corrected chi connectivity index (χ3v) is 4.21. The summed E-state index contributed by atoms with van der Waals surface area (Å²) in [6.07, 6.45) is -7.35. The van der Waals surface area contributed by atoms with Crippen LogP contribution in [0.3, 0.4) is 0 Å². The number of rotatable bonds is 7. The van der Waals surface area contributed by atoms with Gasteiger partial charge in [-0.2, -0.15) is 18.3 Å². The molecule has 1 aliphatic rings. The van der Waals surface area contributed by atoms with Gasteiger partial charge in [0, 0.05) is 10.6 Å². The van der Waals surface area contributed by atoms with Crippen LogP contribution in [0.15, 0.2) is 30.6 Å². The maximum absolute atomic E-state index is 12.8. The number of benzene rings is 1. The highest BCUT2D eigenvalue weighted by molar-refractivity contribution is 6.30. The molecule has 1 saturated heterocycles. The van der Waals surface area contributed by atoms with Crippen LogP contribution in [-0.2, 0) is 26.4 Å². The van der Waals surface area contributed by atoms with Gasteiger partial charge in [0.25, 0.3) is 6.36 Å². The van der Waals surface area contributed by atoms with E-state index in [-0.39, 0.29) is 19.4 Å². The van der Waals surface area contributed by atoms with Crippen molar-refractivity contribution in [3.8, 4) is 0 Å². The highest BCUT2D eigenvalue weighted by atomic mass is 35.5. The SMILES string of the molecule is FC(OCCC1COC(Cc2nc[nH]n2)(c2ccc(Cl)cc2)O1)C(F)(F)F. The lowest BCUT2D eigenvalue weighted by Gasteiger charge is -2.27. The van der Waals surface area contributed by atoms with Crippen LogP contribution in [0, 0.1) is 0 Å². The molecule has 0 spiro atoms. The van der Waals surface area contributed by atoms with Crippen LogP contribution in [0.1, 0.15) is 17.8 Å². The second kappa shape index (κ2) is 8.09. The summed E-state index contributed by atoms with van der Waals surface area (Å²) in [5, 5.41) is 7.10. The molecule has 2 heterocycles. The molecule has 2 aromatic rings. The Hall–Kier alpha value is -1.75. The summed E-state index contributed by atoms with van der Waals surface area (Å²) in [6, 6.07) is 6.76. The van der Waals surface area contributed by atoms with E-state index in [4.69, 9.17) is 21.1 Å². The molecule has 3 rings (SSSR count). The summed E-state index contributed by atoms with van der Waals surface area (Å²) in [5.41, 5.74) is 0.652. The van der Waals surface area contributed by atoms with Crippen LogP contribution in [0.2, 0.25) is 5.02 Å². The van der Waals surface area contributed by atoms with Gasteiger partial charge in [-0.15, -0.1) is 0 Å². The lowest BCUT2D eigenvalue weighted by Crippen LogP contribution is -2.32. The molecule has 0 radical (unpaired) electrons. The van der Waals surface area contributed by atoms with Crippen LogP contribution in [0.25, 0.3) is 0 Å². The van der Waals surface area contributed by atoms with Gasteiger partial charge >= 0.3 is 6.18 Å². The number of nitrogens with one attached hydrogen (secondary N) is 1. The summed E-state index contributed by atoms with van der Waals surface area (Å²) in [4.78, 5) is 4.05. The normalized spacial score (nSPS) is 24.3. The Morgan fingerprint density at radius 2 is 2.07 bits per heavy atom. The van der Waals surface area contributed by atoms with Gasteiger partial charge in [0.15, 0.2) is 5.82 Å². The fourth-order valence-corrected chi connectivity index (χ4v) is 2.81. The van der Waals surface area contributed by atoms with Gasteiger partial charge in [0.05, 0.1) is 25.7 Å². The standard InChI is InChI=1S/C16H16ClF4N3O3/c17-11-3-1-10(2-4-11)15(7-13-22-9-23-24-13)26-8-12(27-15)5-6-25-14(18)16(19,20)21/h1-4,9,12,14H,5-8H2,(H,22,23,24). The smallest absolute Gasteiger partial charge is 0.343 e. The topological polar surface area (TPSA) is 69.3 Å². The van der Waals surface area contributed by atoms with E-state index in [0.717, 1.165) is 0 Å². The van der Waals surface area contributed by atoms with Crippen LogP contribution >= 0.6 is 11.6 Å².